The molecule has 1 aliphatic heterocycles. The number of nitrogens with one attached hydrogen (secondary N) is 1. The van der Waals surface area contributed by atoms with E-state index in [4.69, 9.17) is 9.47 Å². The summed E-state index contributed by atoms with van der Waals surface area (Å²) in [5, 5.41) is 26.8. The van der Waals surface area contributed by atoms with E-state index in [0.717, 1.165) is 38.8 Å². The van der Waals surface area contributed by atoms with E-state index in [1.54, 1.807) is 13.2 Å². The molecule has 0 radical (unpaired) electrons. The van der Waals surface area contributed by atoms with E-state index in [1.165, 1.54) is 0 Å². The average molecular weight is 675 g/mol. The van der Waals surface area contributed by atoms with E-state index in [2.05, 4.69) is 35.0 Å². The number of nitrogens with zero attached hydrogens (tertiary/aromatic N) is 1. The van der Waals surface area contributed by atoms with Crippen LogP contribution in [0.15, 0.2) is 97.6 Å². The average Bonchev–Trinajstić information content (AvgIpc) is 3.60. The first kappa shape index (κ1) is 33.8. The number of fused-ring (bicyclic) bond motifs is 2. The molecule has 3 N–H and O–H groups in total. The van der Waals surface area contributed by atoms with Crippen LogP contribution >= 0.6 is 0 Å². The summed E-state index contributed by atoms with van der Waals surface area (Å²) in [7, 11) is 1.65. The van der Waals surface area contributed by atoms with Gasteiger partial charge in [0.2, 0.25) is 5.91 Å². The number of benzene rings is 4. The molecule has 1 saturated heterocycles. The van der Waals surface area contributed by atoms with Crippen LogP contribution in [-0.2, 0) is 16.0 Å². The minimum atomic E-state index is -1.08. The molecule has 4 aromatic rings. The maximum Gasteiger partial charge on any atom is 0.311 e. The zero-order valence-electron chi connectivity index (χ0n) is 29.1. The maximum absolute atomic E-state index is 14.5. The number of likely N-dealkylation sites (tertiary alicyclic amines) is 1. The van der Waals surface area contributed by atoms with Crippen LogP contribution in [0.4, 0.5) is 0 Å². The van der Waals surface area contributed by atoms with Crippen molar-refractivity contribution in [2.24, 2.45) is 16.7 Å². The molecule has 7 rings (SSSR count). The number of hydrogen-bond acceptors (Lipinski definition) is 6. The minimum absolute atomic E-state index is 0.215. The van der Waals surface area contributed by atoms with Gasteiger partial charge >= 0.3 is 5.97 Å². The van der Waals surface area contributed by atoms with Crippen molar-refractivity contribution in [2.75, 3.05) is 13.7 Å². The predicted molar refractivity (Wildman–Crippen MR) is 194 cm³/mol. The number of aliphatic hydroxyl groups excluding tert-OH is 1. The van der Waals surface area contributed by atoms with Crippen LogP contribution in [0.1, 0.15) is 50.8 Å². The Hall–Kier alpha value is -4.66. The summed E-state index contributed by atoms with van der Waals surface area (Å²) in [6.45, 7) is 10.4. The highest BCUT2D eigenvalue weighted by Gasteiger charge is 2.68. The number of allylic oxidation sites excluding steroid dienone is 1. The monoisotopic (exact) mass is 674 g/mol. The van der Waals surface area contributed by atoms with Crippen molar-refractivity contribution in [1.29, 1.82) is 0 Å². The summed E-state index contributed by atoms with van der Waals surface area (Å²) >= 11 is 0. The van der Waals surface area contributed by atoms with Gasteiger partial charge in [-0.1, -0.05) is 81.4 Å². The van der Waals surface area contributed by atoms with Crippen molar-refractivity contribution in [3.05, 3.63) is 109 Å². The molecular formula is C42H46N2O6. The predicted octanol–water partition coefficient (Wildman–Crippen LogP) is 6.80. The van der Waals surface area contributed by atoms with Crippen LogP contribution in [0.25, 0.3) is 21.9 Å². The summed E-state index contributed by atoms with van der Waals surface area (Å²) in [6, 6.07) is 26.2. The number of aliphatic hydroxyl groups is 1. The lowest BCUT2D eigenvalue weighted by Gasteiger charge is -2.42. The highest BCUT2D eigenvalue weighted by atomic mass is 16.5. The van der Waals surface area contributed by atoms with Crippen molar-refractivity contribution in [3.63, 3.8) is 0 Å². The van der Waals surface area contributed by atoms with Gasteiger partial charge in [-0.25, -0.2) is 0 Å². The summed E-state index contributed by atoms with van der Waals surface area (Å²) in [5.41, 5.74) is 2.32. The topological polar surface area (TPSA) is 108 Å². The Morgan fingerprint density at radius 2 is 1.76 bits per heavy atom. The number of methoxy groups -OCH3 is 1. The van der Waals surface area contributed by atoms with Gasteiger partial charge < -0.3 is 25.0 Å². The van der Waals surface area contributed by atoms with Gasteiger partial charge in [0, 0.05) is 30.8 Å². The highest BCUT2D eigenvalue weighted by molar-refractivity contribution is 5.94. The normalized spacial score (nSPS) is 26.6. The van der Waals surface area contributed by atoms with Crippen LogP contribution in [-0.4, -0.2) is 64.9 Å². The van der Waals surface area contributed by atoms with E-state index < -0.39 is 47.1 Å². The molecule has 1 saturated carbocycles. The first-order valence-electron chi connectivity index (χ1n) is 17.5. The fourth-order valence-electron chi connectivity index (χ4n) is 8.60. The molecule has 0 aromatic heterocycles. The number of carboxylic acids is 1. The number of carbonyl (C=O) groups is 2. The van der Waals surface area contributed by atoms with Crippen LogP contribution in [0.2, 0.25) is 0 Å². The SMILES string of the molecule is C=CC1CC1(C(=O)O)C1CC(Oc2cc(-c3ccccc3)cc3cc(OC)ccc23)CN1C(C(=O)NC1c2ccccc2CC1O)C(C)(C)C. The molecule has 3 aliphatic rings. The third-order valence-corrected chi connectivity index (χ3v) is 11.1. The number of aliphatic carboxylic acids is 1. The van der Waals surface area contributed by atoms with Gasteiger partial charge in [-0.3, -0.25) is 14.5 Å². The van der Waals surface area contributed by atoms with Crippen LogP contribution in [0.3, 0.4) is 0 Å². The van der Waals surface area contributed by atoms with E-state index in [0.29, 0.717) is 31.6 Å². The Bertz CT molecular complexity index is 1940. The molecule has 7 atom stereocenters. The van der Waals surface area contributed by atoms with Crippen LogP contribution in [0, 0.1) is 16.7 Å². The Morgan fingerprint density at radius 1 is 1.02 bits per heavy atom. The van der Waals surface area contributed by atoms with E-state index in [1.807, 2.05) is 87.5 Å². The Labute approximate surface area is 293 Å². The van der Waals surface area contributed by atoms with Gasteiger partial charge in [0.05, 0.1) is 30.7 Å². The molecule has 0 spiro atoms. The van der Waals surface area contributed by atoms with E-state index in [-0.39, 0.29) is 11.8 Å². The number of hydrogen-bond donors (Lipinski definition) is 3. The van der Waals surface area contributed by atoms with Gasteiger partial charge in [0.15, 0.2) is 0 Å². The third-order valence-electron chi connectivity index (χ3n) is 11.1. The first-order valence-corrected chi connectivity index (χ1v) is 17.5. The number of ether oxygens (including phenoxy) is 2. The molecule has 4 aromatic carbocycles. The Balaban J connectivity index is 1.26. The molecule has 1 amide bonds. The molecule has 8 heteroatoms. The number of amides is 1. The van der Waals surface area contributed by atoms with Gasteiger partial charge in [-0.05, 0) is 75.7 Å². The lowest BCUT2D eigenvalue weighted by atomic mass is 9.82. The smallest absolute Gasteiger partial charge is 0.311 e. The number of carboxylic acid groups (broad SMARTS) is 1. The Kier molecular flexibility index (Phi) is 8.73. The summed E-state index contributed by atoms with van der Waals surface area (Å²) < 4.78 is 12.5. The van der Waals surface area contributed by atoms with Crippen LogP contribution in [0.5, 0.6) is 11.5 Å². The van der Waals surface area contributed by atoms with Gasteiger partial charge in [0.25, 0.3) is 0 Å². The number of rotatable bonds is 10. The quantitative estimate of drug-likeness (QED) is 0.159. The maximum atomic E-state index is 14.5. The van der Waals surface area contributed by atoms with E-state index >= 15 is 0 Å². The third kappa shape index (κ3) is 5.94. The number of carbonyl (C=O) groups excluding carboxylic acids is 1. The largest absolute Gasteiger partial charge is 0.497 e. The molecule has 260 valence electrons. The molecule has 7 unspecified atom stereocenters. The summed E-state index contributed by atoms with van der Waals surface area (Å²) in [5.74, 6) is 0.104. The fraction of sp³-hybridized carbons (Fsp3) is 0.381. The zero-order valence-corrected chi connectivity index (χ0v) is 29.1. The molecule has 8 nitrogen and oxygen atoms in total. The molecular weight excluding hydrogens is 628 g/mol. The molecule has 0 bridgehead atoms. The van der Waals surface area contributed by atoms with Crippen molar-refractivity contribution >= 4 is 22.6 Å². The highest BCUT2D eigenvalue weighted by Crippen LogP contribution is 2.60. The molecule has 1 heterocycles. The van der Waals surface area contributed by atoms with Gasteiger partial charge in [-0.2, -0.15) is 0 Å². The molecule has 50 heavy (non-hydrogen) atoms. The summed E-state index contributed by atoms with van der Waals surface area (Å²) in [4.78, 5) is 29.7. The van der Waals surface area contributed by atoms with Crippen molar-refractivity contribution in [3.8, 4) is 22.6 Å². The van der Waals surface area contributed by atoms with Crippen molar-refractivity contribution in [1.82, 2.24) is 10.2 Å². The van der Waals surface area contributed by atoms with Crippen molar-refractivity contribution in [2.45, 2.75) is 70.4 Å². The lowest BCUT2D eigenvalue weighted by molar-refractivity contribution is -0.149. The zero-order chi connectivity index (χ0) is 35.4. The fourth-order valence-corrected chi connectivity index (χ4v) is 8.60. The van der Waals surface area contributed by atoms with Gasteiger partial charge in [-0.15, -0.1) is 6.58 Å². The second kappa shape index (κ2) is 12.9. The molecule has 2 fully saturated rings. The van der Waals surface area contributed by atoms with Crippen LogP contribution < -0.4 is 14.8 Å². The van der Waals surface area contributed by atoms with E-state index in [9.17, 15) is 19.8 Å². The second-order valence-corrected chi connectivity index (χ2v) is 15.2. The van der Waals surface area contributed by atoms with Gasteiger partial charge in [0.1, 0.15) is 17.6 Å². The van der Waals surface area contributed by atoms with Crippen molar-refractivity contribution < 1.29 is 29.3 Å². The lowest BCUT2D eigenvalue weighted by Crippen LogP contribution is -2.58. The Morgan fingerprint density at radius 3 is 2.44 bits per heavy atom. The second-order valence-electron chi connectivity index (χ2n) is 15.2. The minimum Gasteiger partial charge on any atom is -0.497 e. The standard InChI is InChI=1S/C42H46N2O6/c1-6-29-23-42(29,40(47)48)36-22-31(50-35-21-27(25-12-8-7-9-13-25)18-28-19-30(49-5)16-17-32(28)35)24-44(36)38(41(2,3)4)39(46)43-37-33-15-11-10-14-26(33)20-34(37)45/h6-19,21,29,31,34,36-38,45H,1,20,22-24H2,2-5H3,(H,43,46)(H,47,48). The summed E-state index contributed by atoms with van der Waals surface area (Å²) in [6.07, 6.45) is 1.95. The molecule has 2 aliphatic carbocycles. The first-order chi connectivity index (χ1) is 23.9.